The number of benzene rings is 1. The molecule has 0 spiro atoms. The summed E-state index contributed by atoms with van der Waals surface area (Å²) in [4.78, 5) is 0. The highest BCUT2D eigenvalue weighted by Gasteiger charge is 2.27. The highest BCUT2D eigenvalue weighted by atomic mass is 19.4. The Morgan fingerprint density at radius 2 is 2.00 bits per heavy atom. The van der Waals surface area contributed by atoms with E-state index in [1.54, 1.807) is 24.3 Å². The first-order chi connectivity index (χ1) is 8.38. The van der Waals surface area contributed by atoms with Gasteiger partial charge in [-0.05, 0) is 6.07 Å². The van der Waals surface area contributed by atoms with Gasteiger partial charge in [0.25, 0.3) is 0 Å². The van der Waals surface area contributed by atoms with Crippen molar-refractivity contribution < 1.29 is 13.2 Å². The number of aryl methyl sites for hydroxylation is 1. The van der Waals surface area contributed by atoms with E-state index in [4.69, 9.17) is 11.1 Å². The van der Waals surface area contributed by atoms with Crippen LogP contribution in [0.15, 0.2) is 24.3 Å². The maximum absolute atomic E-state index is 12.2. The molecule has 1 aromatic carbocycles. The smallest absolute Gasteiger partial charge is 0.382 e. The van der Waals surface area contributed by atoms with E-state index in [9.17, 15) is 13.2 Å². The van der Waals surface area contributed by atoms with Gasteiger partial charge < -0.3 is 5.73 Å². The predicted octanol–water partition coefficient (Wildman–Crippen LogP) is 2.27. The van der Waals surface area contributed by atoms with Gasteiger partial charge in [-0.1, -0.05) is 18.2 Å². The second-order valence-electron chi connectivity index (χ2n) is 3.87. The lowest BCUT2D eigenvalue weighted by atomic mass is 10.2. The fourth-order valence-electron chi connectivity index (χ4n) is 1.73. The molecule has 3 N–H and O–H groups in total. The zero-order valence-corrected chi connectivity index (χ0v) is 9.33. The number of para-hydroxylation sites is 1. The number of nitrogens with two attached hydrogens (primary N) is 1. The summed E-state index contributed by atoms with van der Waals surface area (Å²) in [5.41, 5.74) is 6.12. The van der Waals surface area contributed by atoms with Crippen LogP contribution < -0.4 is 5.73 Å². The predicted molar refractivity (Wildman–Crippen MR) is 61.4 cm³/mol. The molecule has 0 radical (unpaired) electrons. The van der Waals surface area contributed by atoms with E-state index in [0.717, 1.165) is 0 Å². The first-order valence-electron chi connectivity index (χ1n) is 5.25. The summed E-state index contributed by atoms with van der Waals surface area (Å²) in [6.45, 7) is -0.280. The summed E-state index contributed by atoms with van der Waals surface area (Å²) in [6, 6.07) is 6.77. The molecule has 0 amide bonds. The maximum Gasteiger partial charge on any atom is 0.390 e. The number of hydrogen-bond acceptors (Lipinski definition) is 2. The lowest BCUT2D eigenvalue weighted by molar-refractivity contribution is -0.137. The van der Waals surface area contributed by atoms with Crippen molar-refractivity contribution in [1.29, 1.82) is 5.41 Å². The number of halogens is 3. The van der Waals surface area contributed by atoms with Gasteiger partial charge in [-0.25, -0.2) is 0 Å². The lowest BCUT2D eigenvalue weighted by Crippen LogP contribution is -2.15. The summed E-state index contributed by atoms with van der Waals surface area (Å²) in [7, 11) is 0. The van der Waals surface area contributed by atoms with Gasteiger partial charge in [0.05, 0.1) is 18.5 Å². The van der Waals surface area contributed by atoms with Crippen LogP contribution in [0.25, 0.3) is 10.9 Å². The van der Waals surface area contributed by atoms with Crippen molar-refractivity contribution in [2.75, 3.05) is 0 Å². The quantitative estimate of drug-likeness (QED) is 0.653. The summed E-state index contributed by atoms with van der Waals surface area (Å²) < 4.78 is 37.8. The minimum absolute atomic E-state index is 0.216. The van der Waals surface area contributed by atoms with Gasteiger partial charge in [0, 0.05) is 5.39 Å². The lowest BCUT2D eigenvalue weighted by Gasteiger charge is -2.06. The molecule has 2 rings (SSSR count). The summed E-state index contributed by atoms with van der Waals surface area (Å²) in [6.07, 6.45) is -5.19. The van der Waals surface area contributed by atoms with Crippen LogP contribution in [0.1, 0.15) is 12.1 Å². The van der Waals surface area contributed by atoms with Crippen molar-refractivity contribution in [1.82, 2.24) is 9.78 Å². The minimum atomic E-state index is -4.23. The normalized spacial score (nSPS) is 11.9. The zero-order chi connectivity index (χ0) is 13.3. The summed E-state index contributed by atoms with van der Waals surface area (Å²) >= 11 is 0. The molecule has 0 fully saturated rings. The van der Waals surface area contributed by atoms with Gasteiger partial charge in [0.1, 0.15) is 11.5 Å². The Morgan fingerprint density at radius 1 is 1.33 bits per heavy atom. The van der Waals surface area contributed by atoms with Crippen LogP contribution in [-0.4, -0.2) is 21.8 Å². The Kier molecular flexibility index (Phi) is 2.98. The molecule has 1 aromatic heterocycles. The molecule has 7 heteroatoms. The Hall–Kier alpha value is -2.05. The first-order valence-corrected chi connectivity index (χ1v) is 5.25. The third-order valence-corrected chi connectivity index (χ3v) is 2.52. The number of rotatable bonds is 3. The molecule has 18 heavy (non-hydrogen) atoms. The Balaban J connectivity index is 2.42. The van der Waals surface area contributed by atoms with E-state index >= 15 is 0 Å². The SMILES string of the molecule is N=C(N)c1nn(CCC(F)(F)F)c2ccccc12. The van der Waals surface area contributed by atoms with Crippen LogP contribution in [0.2, 0.25) is 0 Å². The zero-order valence-electron chi connectivity index (χ0n) is 9.33. The molecule has 4 nitrogen and oxygen atoms in total. The third kappa shape index (κ3) is 2.44. The second kappa shape index (κ2) is 4.32. The van der Waals surface area contributed by atoms with Crippen LogP contribution >= 0.6 is 0 Å². The van der Waals surface area contributed by atoms with Crippen molar-refractivity contribution in [3.05, 3.63) is 30.0 Å². The minimum Gasteiger partial charge on any atom is -0.382 e. The van der Waals surface area contributed by atoms with Gasteiger partial charge in [-0.15, -0.1) is 0 Å². The Morgan fingerprint density at radius 3 is 2.61 bits per heavy atom. The molecule has 0 aliphatic carbocycles. The summed E-state index contributed by atoms with van der Waals surface area (Å²) in [5, 5.41) is 11.9. The van der Waals surface area contributed by atoms with E-state index in [-0.39, 0.29) is 18.1 Å². The van der Waals surface area contributed by atoms with Crippen LogP contribution in [0.4, 0.5) is 13.2 Å². The van der Waals surface area contributed by atoms with Crippen LogP contribution in [0, 0.1) is 5.41 Å². The molecule has 0 atom stereocenters. The number of hydrogen-bond donors (Lipinski definition) is 2. The van der Waals surface area contributed by atoms with E-state index < -0.39 is 12.6 Å². The third-order valence-electron chi connectivity index (χ3n) is 2.52. The number of amidine groups is 1. The molecule has 1 heterocycles. The topological polar surface area (TPSA) is 67.7 Å². The average molecular weight is 256 g/mol. The van der Waals surface area contributed by atoms with Crippen LogP contribution in [0.3, 0.4) is 0 Å². The monoisotopic (exact) mass is 256 g/mol. The Labute approximate surface area is 101 Å². The Bertz CT molecular complexity index is 585. The maximum atomic E-state index is 12.2. The van der Waals surface area contributed by atoms with Crippen LogP contribution in [0.5, 0.6) is 0 Å². The highest BCUT2D eigenvalue weighted by Crippen LogP contribution is 2.23. The van der Waals surface area contributed by atoms with E-state index in [0.29, 0.717) is 10.9 Å². The number of fused-ring (bicyclic) bond motifs is 1. The number of nitrogens with one attached hydrogen (secondary N) is 1. The van der Waals surface area contributed by atoms with Crippen molar-refractivity contribution in [2.24, 2.45) is 5.73 Å². The molecule has 0 aliphatic rings. The molecule has 96 valence electrons. The molecule has 0 saturated heterocycles. The van der Waals surface area contributed by atoms with Gasteiger partial charge >= 0.3 is 6.18 Å². The first kappa shape index (κ1) is 12.4. The van der Waals surface area contributed by atoms with E-state index in [1.807, 2.05) is 0 Å². The highest BCUT2D eigenvalue weighted by molar-refractivity contribution is 6.05. The number of aromatic nitrogens is 2. The van der Waals surface area contributed by atoms with Gasteiger partial charge in [0.2, 0.25) is 0 Å². The second-order valence-corrected chi connectivity index (χ2v) is 3.87. The molecule has 0 bridgehead atoms. The van der Waals surface area contributed by atoms with Crippen molar-refractivity contribution in [3.63, 3.8) is 0 Å². The molecule has 0 aliphatic heterocycles. The number of alkyl halides is 3. The molecule has 0 unspecified atom stereocenters. The number of nitrogen functional groups attached to an aromatic ring is 1. The molecular formula is C11H11F3N4. The average Bonchev–Trinajstić information content (AvgIpc) is 2.64. The van der Waals surface area contributed by atoms with Gasteiger partial charge in [0.15, 0.2) is 0 Å². The standard InChI is InChI=1S/C11H11F3N4/c12-11(13,14)5-6-18-8-4-2-1-3-7(8)9(17-18)10(15)16/h1-4H,5-6H2,(H3,15,16). The van der Waals surface area contributed by atoms with Gasteiger partial charge in [-0.2, -0.15) is 18.3 Å². The van der Waals surface area contributed by atoms with Crippen molar-refractivity contribution in [3.8, 4) is 0 Å². The molecule has 0 saturated carbocycles. The van der Waals surface area contributed by atoms with Gasteiger partial charge in [-0.3, -0.25) is 10.1 Å². The number of nitrogens with zero attached hydrogens (tertiary/aromatic N) is 2. The largest absolute Gasteiger partial charge is 0.390 e. The van der Waals surface area contributed by atoms with Crippen molar-refractivity contribution >= 4 is 16.7 Å². The van der Waals surface area contributed by atoms with Crippen molar-refractivity contribution in [2.45, 2.75) is 19.1 Å². The fraction of sp³-hybridized carbons (Fsp3) is 0.273. The molecule has 2 aromatic rings. The van der Waals surface area contributed by atoms with Crippen LogP contribution in [-0.2, 0) is 6.54 Å². The summed E-state index contributed by atoms with van der Waals surface area (Å²) in [5.74, 6) is -0.253. The fourth-order valence-corrected chi connectivity index (χ4v) is 1.73. The van der Waals surface area contributed by atoms with E-state index in [1.165, 1.54) is 4.68 Å². The molecular weight excluding hydrogens is 245 g/mol. The van der Waals surface area contributed by atoms with E-state index in [2.05, 4.69) is 5.10 Å².